The van der Waals surface area contributed by atoms with Gasteiger partial charge in [0.1, 0.15) is 5.75 Å². The van der Waals surface area contributed by atoms with Crippen molar-refractivity contribution in [3.05, 3.63) is 53.6 Å². The highest BCUT2D eigenvalue weighted by atomic mass is 16.3. The number of rotatable bonds is 2. The number of Topliss-reactive ketones (excluding diaryl/α,β-unsaturated/α-hetero) is 1. The monoisotopic (exact) mass is 226 g/mol. The van der Waals surface area contributed by atoms with Gasteiger partial charge in [-0.2, -0.15) is 0 Å². The van der Waals surface area contributed by atoms with E-state index in [1.54, 1.807) is 12.1 Å². The summed E-state index contributed by atoms with van der Waals surface area (Å²) in [7, 11) is 0. The number of benzene rings is 2. The van der Waals surface area contributed by atoms with Gasteiger partial charge < -0.3 is 5.11 Å². The summed E-state index contributed by atoms with van der Waals surface area (Å²) in [5.74, 6) is 0.101. The molecule has 2 rings (SSSR count). The third-order valence-corrected chi connectivity index (χ3v) is 2.84. The average Bonchev–Trinajstić information content (AvgIpc) is 2.30. The molecule has 2 aromatic carbocycles. The van der Waals surface area contributed by atoms with E-state index in [2.05, 4.69) is 0 Å². The molecule has 0 aromatic heterocycles. The summed E-state index contributed by atoms with van der Waals surface area (Å²) in [6.45, 7) is 3.48. The summed E-state index contributed by atoms with van der Waals surface area (Å²) >= 11 is 0. The van der Waals surface area contributed by atoms with Gasteiger partial charge in [0.25, 0.3) is 0 Å². The molecular formula is C15H14O2. The predicted molar refractivity (Wildman–Crippen MR) is 68.3 cm³/mol. The molecule has 0 amide bonds. The van der Waals surface area contributed by atoms with Crippen LogP contribution in [-0.4, -0.2) is 10.9 Å². The summed E-state index contributed by atoms with van der Waals surface area (Å²) in [6, 6.07) is 12.9. The number of carbonyl (C=O) groups excluding carboxylic acids is 1. The molecule has 0 atom stereocenters. The fraction of sp³-hybridized carbons (Fsp3) is 0.133. The van der Waals surface area contributed by atoms with Crippen LogP contribution in [0, 0.1) is 6.92 Å². The Kier molecular flexibility index (Phi) is 2.96. The topological polar surface area (TPSA) is 37.3 Å². The van der Waals surface area contributed by atoms with Gasteiger partial charge in [-0.1, -0.05) is 30.3 Å². The van der Waals surface area contributed by atoms with E-state index in [4.69, 9.17) is 0 Å². The van der Waals surface area contributed by atoms with Gasteiger partial charge in [-0.3, -0.25) is 4.79 Å². The first kappa shape index (κ1) is 11.4. The van der Waals surface area contributed by atoms with Crippen molar-refractivity contribution in [1.82, 2.24) is 0 Å². The molecule has 0 aliphatic rings. The highest BCUT2D eigenvalue weighted by Crippen LogP contribution is 2.32. The van der Waals surface area contributed by atoms with Crippen molar-refractivity contribution in [3.8, 4) is 16.9 Å². The Hall–Kier alpha value is -2.09. The molecule has 0 bridgehead atoms. The van der Waals surface area contributed by atoms with Crippen LogP contribution in [0.2, 0.25) is 0 Å². The number of aryl methyl sites for hydroxylation is 1. The van der Waals surface area contributed by atoms with Crippen molar-refractivity contribution in [3.63, 3.8) is 0 Å². The lowest BCUT2D eigenvalue weighted by Gasteiger charge is -2.08. The van der Waals surface area contributed by atoms with Gasteiger partial charge >= 0.3 is 0 Å². The van der Waals surface area contributed by atoms with Crippen LogP contribution < -0.4 is 0 Å². The van der Waals surface area contributed by atoms with Crippen LogP contribution in [0.3, 0.4) is 0 Å². The van der Waals surface area contributed by atoms with E-state index in [9.17, 15) is 9.90 Å². The Labute approximate surface area is 101 Å². The molecule has 0 aliphatic heterocycles. The molecular weight excluding hydrogens is 212 g/mol. The van der Waals surface area contributed by atoms with Crippen molar-refractivity contribution >= 4 is 5.78 Å². The molecule has 17 heavy (non-hydrogen) atoms. The molecule has 2 nitrogen and oxygen atoms in total. The van der Waals surface area contributed by atoms with Crippen LogP contribution in [0.15, 0.2) is 42.5 Å². The van der Waals surface area contributed by atoms with Gasteiger partial charge in [0.15, 0.2) is 5.78 Å². The van der Waals surface area contributed by atoms with E-state index in [0.29, 0.717) is 5.56 Å². The predicted octanol–water partition coefficient (Wildman–Crippen LogP) is 3.57. The van der Waals surface area contributed by atoms with Crippen LogP contribution in [0.1, 0.15) is 22.8 Å². The van der Waals surface area contributed by atoms with Gasteiger partial charge in [0.05, 0.1) is 0 Å². The van der Waals surface area contributed by atoms with E-state index in [1.165, 1.54) is 13.0 Å². The molecule has 0 radical (unpaired) electrons. The van der Waals surface area contributed by atoms with Gasteiger partial charge in [-0.05, 0) is 37.1 Å². The number of hydrogen-bond donors (Lipinski definition) is 1. The third-order valence-electron chi connectivity index (χ3n) is 2.84. The number of phenolic OH excluding ortho intramolecular Hbond substituents is 1. The highest BCUT2D eigenvalue weighted by Gasteiger charge is 2.08. The molecule has 0 fully saturated rings. The maximum absolute atomic E-state index is 11.2. The van der Waals surface area contributed by atoms with Gasteiger partial charge in [-0.15, -0.1) is 0 Å². The summed E-state index contributed by atoms with van der Waals surface area (Å²) in [4.78, 5) is 11.2. The van der Waals surface area contributed by atoms with Gasteiger partial charge in [-0.25, -0.2) is 0 Å². The second-order valence-corrected chi connectivity index (χ2v) is 4.10. The SMILES string of the molecule is CC(=O)c1ccc(-c2ccccc2C)c(O)c1. The third kappa shape index (κ3) is 2.21. The van der Waals surface area contributed by atoms with E-state index in [-0.39, 0.29) is 11.5 Å². The number of hydrogen-bond acceptors (Lipinski definition) is 2. The highest BCUT2D eigenvalue weighted by molar-refractivity contribution is 5.95. The Balaban J connectivity index is 2.55. The van der Waals surface area contributed by atoms with Crippen LogP contribution in [0.5, 0.6) is 5.75 Å². The van der Waals surface area contributed by atoms with Crippen LogP contribution in [-0.2, 0) is 0 Å². The van der Waals surface area contributed by atoms with Crippen molar-refractivity contribution in [2.45, 2.75) is 13.8 Å². The Morgan fingerprint density at radius 3 is 2.35 bits per heavy atom. The van der Waals surface area contributed by atoms with Crippen molar-refractivity contribution < 1.29 is 9.90 Å². The minimum absolute atomic E-state index is 0.0448. The second-order valence-electron chi connectivity index (χ2n) is 4.10. The lowest BCUT2D eigenvalue weighted by molar-refractivity contribution is 0.101. The fourth-order valence-corrected chi connectivity index (χ4v) is 1.85. The lowest BCUT2D eigenvalue weighted by atomic mass is 9.98. The zero-order valence-electron chi connectivity index (χ0n) is 9.90. The van der Waals surface area contributed by atoms with Crippen LogP contribution >= 0.6 is 0 Å². The number of ketones is 1. The molecule has 0 heterocycles. The van der Waals surface area contributed by atoms with E-state index in [1.807, 2.05) is 31.2 Å². The Morgan fingerprint density at radius 2 is 1.76 bits per heavy atom. The van der Waals surface area contributed by atoms with E-state index in [0.717, 1.165) is 16.7 Å². The van der Waals surface area contributed by atoms with Crippen molar-refractivity contribution in [2.75, 3.05) is 0 Å². The minimum Gasteiger partial charge on any atom is -0.507 e. The zero-order chi connectivity index (χ0) is 12.4. The smallest absolute Gasteiger partial charge is 0.159 e. The van der Waals surface area contributed by atoms with Gasteiger partial charge in [0.2, 0.25) is 0 Å². The second kappa shape index (κ2) is 4.42. The average molecular weight is 226 g/mol. The summed E-state index contributed by atoms with van der Waals surface area (Å²) in [5.41, 5.74) is 3.37. The maximum Gasteiger partial charge on any atom is 0.159 e. The Morgan fingerprint density at radius 1 is 1.06 bits per heavy atom. The molecule has 0 aliphatic carbocycles. The summed E-state index contributed by atoms with van der Waals surface area (Å²) < 4.78 is 0. The summed E-state index contributed by atoms with van der Waals surface area (Å²) in [6.07, 6.45) is 0. The van der Waals surface area contributed by atoms with E-state index < -0.39 is 0 Å². The van der Waals surface area contributed by atoms with Gasteiger partial charge in [0, 0.05) is 11.1 Å². The largest absolute Gasteiger partial charge is 0.507 e. The molecule has 0 saturated heterocycles. The minimum atomic E-state index is -0.0448. The molecule has 1 N–H and O–H groups in total. The lowest BCUT2D eigenvalue weighted by Crippen LogP contribution is -1.92. The first-order chi connectivity index (χ1) is 8.09. The molecule has 0 spiro atoms. The standard InChI is InChI=1S/C15H14O2/c1-10-5-3-4-6-13(10)14-8-7-12(11(2)16)9-15(14)17/h3-9,17H,1-2H3. The first-order valence-corrected chi connectivity index (χ1v) is 5.49. The first-order valence-electron chi connectivity index (χ1n) is 5.49. The van der Waals surface area contributed by atoms with Crippen molar-refractivity contribution in [1.29, 1.82) is 0 Å². The van der Waals surface area contributed by atoms with Crippen LogP contribution in [0.25, 0.3) is 11.1 Å². The van der Waals surface area contributed by atoms with Crippen LogP contribution in [0.4, 0.5) is 0 Å². The number of phenols is 1. The molecule has 2 aromatic rings. The Bertz CT molecular complexity index is 571. The fourth-order valence-electron chi connectivity index (χ4n) is 1.85. The normalized spacial score (nSPS) is 10.2. The maximum atomic E-state index is 11.2. The van der Waals surface area contributed by atoms with E-state index >= 15 is 0 Å². The number of carbonyl (C=O) groups is 1. The molecule has 2 heteroatoms. The molecule has 86 valence electrons. The quantitative estimate of drug-likeness (QED) is 0.795. The zero-order valence-corrected chi connectivity index (χ0v) is 9.90. The number of aromatic hydroxyl groups is 1. The molecule has 0 saturated carbocycles. The van der Waals surface area contributed by atoms with Crippen molar-refractivity contribution in [2.24, 2.45) is 0 Å². The summed E-state index contributed by atoms with van der Waals surface area (Å²) in [5, 5.41) is 9.97. The molecule has 0 unspecified atom stereocenters.